The lowest BCUT2D eigenvalue weighted by Gasteiger charge is -2.13. The van der Waals surface area contributed by atoms with Gasteiger partial charge in [0.25, 0.3) is 11.7 Å². The van der Waals surface area contributed by atoms with Crippen LogP contribution in [0.2, 0.25) is 0 Å². The number of aromatic nitrogens is 1. The first-order valence-electron chi connectivity index (χ1n) is 6.90. The van der Waals surface area contributed by atoms with Gasteiger partial charge >= 0.3 is 0 Å². The Labute approximate surface area is 121 Å². The number of anilines is 1. The maximum absolute atomic E-state index is 10.7. The molecule has 0 unspecified atom stereocenters. The van der Waals surface area contributed by atoms with Crippen LogP contribution in [0.3, 0.4) is 0 Å². The quantitative estimate of drug-likeness (QED) is 0.498. The van der Waals surface area contributed by atoms with Crippen molar-refractivity contribution in [2.45, 2.75) is 12.8 Å². The number of oxazole rings is 1. The second kappa shape index (κ2) is 5.92. The summed E-state index contributed by atoms with van der Waals surface area (Å²) in [7, 11) is 0. The standard InChI is InChI=1S/C14H16N4O3/c19-18(20)11-1-2-12-13(9-11)21-14(17-12)16-8-5-10-3-6-15-7-4-10/h1-3,9,15H,4-8H2,(H,16,17). The summed E-state index contributed by atoms with van der Waals surface area (Å²) in [6, 6.07) is 4.81. The van der Waals surface area contributed by atoms with Gasteiger partial charge in [-0.25, -0.2) is 0 Å². The number of hydrogen-bond donors (Lipinski definition) is 2. The zero-order valence-corrected chi connectivity index (χ0v) is 11.5. The van der Waals surface area contributed by atoms with Gasteiger partial charge in [-0.3, -0.25) is 10.1 Å². The highest BCUT2D eigenvalue weighted by Gasteiger charge is 2.11. The molecule has 21 heavy (non-hydrogen) atoms. The molecule has 1 aliphatic rings. The number of fused-ring (bicyclic) bond motifs is 1. The van der Waals surface area contributed by atoms with Crippen LogP contribution in [0.15, 0.2) is 34.3 Å². The average molecular weight is 288 g/mol. The van der Waals surface area contributed by atoms with Gasteiger partial charge in [0.15, 0.2) is 5.58 Å². The van der Waals surface area contributed by atoms with Gasteiger partial charge in [0, 0.05) is 19.2 Å². The highest BCUT2D eigenvalue weighted by atomic mass is 16.6. The molecule has 0 fully saturated rings. The predicted octanol–water partition coefficient (Wildman–Crippen LogP) is 2.46. The SMILES string of the molecule is O=[N+]([O-])c1ccc2nc(NCCC3=CCNCC3)oc2c1. The second-order valence-electron chi connectivity index (χ2n) is 4.92. The molecule has 1 aromatic heterocycles. The maximum Gasteiger partial charge on any atom is 0.295 e. The summed E-state index contributed by atoms with van der Waals surface area (Å²) in [4.78, 5) is 14.5. The van der Waals surface area contributed by atoms with Gasteiger partial charge < -0.3 is 15.1 Å². The molecule has 2 heterocycles. The Morgan fingerprint density at radius 3 is 3.14 bits per heavy atom. The zero-order valence-electron chi connectivity index (χ0n) is 11.5. The molecule has 0 aliphatic carbocycles. The van der Waals surface area contributed by atoms with Gasteiger partial charge in [-0.05, 0) is 25.5 Å². The number of rotatable bonds is 5. The molecule has 0 saturated carbocycles. The Morgan fingerprint density at radius 1 is 1.48 bits per heavy atom. The lowest BCUT2D eigenvalue weighted by Crippen LogP contribution is -2.21. The van der Waals surface area contributed by atoms with Crippen molar-refractivity contribution in [2.24, 2.45) is 0 Å². The summed E-state index contributed by atoms with van der Waals surface area (Å²) in [5, 5.41) is 17.1. The van der Waals surface area contributed by atoms with Gasteiger partial charge in [0.05, 0.1) is 11.0 Å². The molecule has 2 aromatic rings. The molecule has 0 atom stereocenters. The molecule has 1 aliphatic heterocycles. The van der Waals surface area contributed by atoms with Crippen molar-refractivity contribution < 1.29 is 9.34 Å². The van der Waals surface area contributed by atoms with E-state index in [1.165, 1.54) is 17.7 Å². The van der Waals surface area contributed by atoms with Crippen LogP contribution in [0.5, 0.6) is 0 Å². The highest BCUT2D eigenvalue weighted by molar-refractivity contribution is 5.77. The molecule has 7 heteroatoms. The maximum atomic E-state index is 10.7. The third-order valence-corrected chi connectivity index (χ3v) is 3.46. The third-order valence-electron chi connectivity index (χ3n) is 3.46. The van der Waals surface area contributed by atoms with Crippen molar-refractivity contribution in [1.29, 1.82) is 0 Å². The largest absolute Gasteiger partial charge is 0.423 e. The molecule has 0 radical (unpaired) electrons. The van der Waals surface area contributed by atoms with Crippen LogP contribution < -0.4 is 10.6 Å². The summed E-state index contributed by atoms with van der Waals surface area (Å²) in [5.41, 5.74) is 2.47. The minimum Gasteiger partial charge on any atom is -0.423 e. The minimum absolute atomic E-state index is 0.00469. The topological polar surface area (TPSA) is 93.2 Å². The number of non-ortho nitro benzene ring substituents is 1. The Bertz CT molecular complexity index is 693. The van der Waals surface area contributed by atoms with Crippen LogP contribution in [0.25, 0.3) is 11.1 Å². The zero-order chi connectivity index (χ0) is 14.7. The molecule has 2 N–H and O–H groups in total. The van der Waals surface area contributed by atoms with Crippen molar-refractivity contribution in [2.75, 3.05) is 25.0 Å². The Kier molecular flexibility index (Phi) is 3.83. The van der Waals surface area contributed by atoms with Crippen LogP contribution >= 0.6 is 0 Å². The molecule has 3 rings (SSSR count). The number of nitro groups is 1. The number of hydrogen-bond acceptors (Lipinski definition) is 6. The highest BCUT2D eigenvalue weighted by Crippen LogP contribution is 2.23. The number of benzene rings is 1. The van der Waals surface area contributed by atoms with Crippen molar-refractivity contribution >= 4 is 22.8 Å². The van der Waals surface area contributed by atoms with E-state index in [9.17, 15) is 10.1 Å². The van der Waals surface area contributed by atoms with Gasteiger partial charge in [-0.2, -0.15) is 4.98 Å². The van der Waals surface area contributed by atoms with E-state index in [2.05, 4.69) is 21.7 Å². The Hall–Kier alpha value is -2.41. The van der Waals surface area contributed by atoms with E-state index in [0.717, 1.165) is 32.5 Å². The molecule has 0 bridgehead atoms. The summed E-state index contributed by atoms with van der Waals surface area (Å²) < 4.78 is 5.49. The number of nitrogens with zero attached hydrogens (tertiary/aromatic N) is 2. The van der Waals surface area contributed by atoms with E-state index >= 15 is 0 Å². The normalized spacial score (nSPS) is 15.0. The van der Waals surface area contributed by atoms with Crippen LogP contribution in [0.4, 0.5) is 11.7 Å². The Balaban J connectivity index is 1.64. The molecule has 7 nitrogen and oxygen atoms in total. The van der Waals surface area contributed by atoms with Crippen molar-refractivity contribution in [3.05, 3.63) is 40.0 Å². The number of nitro benzene ring substituents is 1. The fourth-order valence-electron chi connectivity index (χ4n) is 2.33. The smallest absolute Gasteiger partial charge is 0.295 e. The van der Waals surface area contributed by atoms with E-state index in [1.807, 2.05) is 0 Å². The first-order valence-corrected chi connectivity index (χ1v) is 6.90. The van der Waals surface area contributed by atoms with Crippen LogP contribution in [0, 0.1) is 10.1 Å². The van der Waals surface area contributed by atoms with Crippen LogP contribution in [-0.2, 0) is 0 Å². The van der Waals surface area contributed by atoms with Crippen LogP contribution in [-0.4, -0.2) is 29.5 Å². The summed E-state index contributed by atoms with van der Waals surface area (Å²) in [6.45, 7) is 2.70. The lowest BCUT2D eigenvalue weighted by atomic mass is 10.1. The van der Waals surface area contributed by atoms with Gasteiger partial charge in [0.1, 0.15) is 5.52 Å². The van der Waals surface area contributed by atoms with Gasteiger partial charge in [-0.15, -0.1) is 0 Å². The molecule has 1 aromatic carbocycles. The monoisotopic (exact) mass is 288 g/mol. The van der Waals surface area contributed by atoms with Crippen molar-refractivity contribution in [3.8, 4) is 0 Å². The third kappa shape index (κ3) is 3.19. The minimum atomic E-state index is -0.446. The van der Waals surface area contributed by atoms with Crippen LogP contribution in [0.1, 0.15) is 12.8 Å². The van der Waals surface area contributed by atoms with E-state index in [4.69, 9.17) is 4.42 Å². The molecular formula is C14H16N4O3. The fraction of sp³-hybridized carbons (Fsp3) is 0.357. The van der Waals surface area contributed by atoms with E-state index in [1.54, 1.807) is 6.07 Å². The van der Waals surface area contributed by atoms with Crippen molar-refractivity contribution in [3.63, 3.8) is 0 Å². The lowest BCUT2D eigenvalue weighted by molar-refractivity contribution is -0.384. The van der Waals surface area contributed by atoms with Gasteiger partial charge in [0.2, 0.25) is 0 Å². The summed E-state index contributed by atoms with van der Waals surface area (Å²) in [5.74, 6) is 0. The Morgan fingerprint density at radius 2 is 2.38 bits per heavy atom. The average Bonchev–Trinajstić information content (AvgIpc) is 2.90. The van der Waals surface area contributed by atoms with E-state index < -0.39 is 4.92 Å². The van der Waals surface area contributed by atoms with E-state index in [-0.39, 0.29) is 5.69 Å². The second-order valence-corrected chi connectivity index (χ2v) is 4.92. The summed E-state index contributed by atoms with van der Waals surface area (Å²) >= 11 is 0. The first-order chi connectivity index (χ1) is 10.2. The fourth-order valence-corrected chi connectivity index (χ4v) is 2.33. The molecule has 0 amide bonds. The summed E-state index contributed by atoms with van der Waals surface area (Å²) in [6.07, 6.45) is 4.22. The first kappa shape index (κ1) is 13.6. The number of nitrogens with one attached hydrogen (secondary N) is 2. The molecule has 110 valence electrons. The predicted molar refractivity (Wildman–Crippen MR) is 79.3 cm³/mol. The molecule has 0 saturated heterocycles. The molecule has 0 spiro atoms. The van der Waals surface area contributed by atoms with E-state index in [0.29, 0.717) is 17.1 Å². The van der Waals surface area contributed by atoms with Crippen molar-refractivity contribution in [1.82, 2.24) is 10.3 Å². The van der Waals surface area contributed by atoms with Gasteiger partial charge in [-0.1, -0.05) is 11.6 Å². The molecular weight excluding hydrogens is 272 g/mol.